The van der Waals surface area contributed by atoms with E-state index in [2.05, 4.69) is 15.9 Å². The van der Waals surface area contributed by atoms with E-state index < -0.39 is 0 Å². The van der Waals surface area contributed by atoms with Crippen molar-refractivity contribution < 1.29 is 4.79 Å². The van der Waals surface area contributed by atoms with E-state index in [1.165, 1.54) is 0 Å². The Morgan fingerprint density at radius 2 is 2.00 bits per heavy atom. The van der Waals surface area contributed by atoms with Crippen molar-refractivity contribution in [2.75, 3.05) is 0 Å². The van der Waals surface area contributed by atoms with Gasteiger partial charge in [0.25, 0.3) is 0 Å². The number of primary amides is 1. The first-order valence-corrected chi connectivity index (χ1v) is 3.43. The van der Waals surface area contributed by atoms with Crippen LogP contribution in [-0.4, -0.2) is 5.91 Å². The maximum absolute atomic E-state index is 10.3. The van der Waals surface area contributed by atoms with Crippen LogP contribution < -0.4 is 5.73 Å². The van der Waals surface area contributed by atoms with E-state index in [0.717, 1.165) is 10.1 Å². The molecular formula is C6H10BrNO. The highest BCUT2D eigenvalue weighted by molar-refractivity contribution is 9.11. The zero-order valence-corrected chi connectivity index (χ0v) is 7.16. The fraction of sp³-hybridized carbons (Fsp3) is 0.500. The lowest BCUT2D eigenvalue weighted by Gasteiger charge is -1.95. The highest BCUT2D eigenvalue weighted by Gasteiger charge is 1.98. The van der Waals surface area contributed by atoms with Gasteiger partial charge in [0.2, 0.25) is 5.91 Å². The number of rotatable bonds is 2. The van der Waals surface area contributed by atoms with Gasteiger partial charge < -0.3 is 5.73 Å². The zero-order chi connectivity index (χ0) is 7.44. The average Bonchev–Trinajstić information content (AvgIpc) is 1.63. The number of nitrogens with two attached hydrogens (primary N) is 1. The third-order valence-electron chi connectivity index (χ3n) is 0.872. The Bertz CT molecular complexity index is 147. The Labute approximate surface area is 63.2 Å². The molecular weight excluding hydrogens is 182 g/mol. The molecule has 0 aliphatic rings. The summed E-state index contributed by atoms with van der Waals surface area (Å²) >= 11 is 3.22. The Morgan fingerprint density at radius 1 is 1.56 bits per heavy atom. The second-order valence-electron chi connectivity index (χ2n) is 2.05. The quantitative estimate of drug-likeness (QED) is 0.708. The molecule has 0 radical (unpaired) electrons. The predicted molar refractivity (Wildman–Crippen MR) is 41.1 cm³/mol. The van der Waals surface area contributed by atoms with Crippen molar-refractivity contribution in [2.24, 2.45) is 5.73 Å². The molecule has 0 aromatic heterocycles. The first kappa shape index (κ1) is 8.69. The van der Waals surface area contributed by atoms with Gasteiger partial charge in [0, 0.05) is 4.48 Å². The van der Waals surface area contributed by atoms with Gasteiger partial charge in [-0.3, -0.25) is 4.79 Å². The molecule has 1 amide bonds. The molecule has 0 aliphatic heterocycles. The lowest BCUT2D eigenvalue weighted by Crippen LogP contribution is -2.09. The summed E-state index contributed by atoms with van der Waals surface area (Å²) < 4.78 is 0.884. The minimum atomic E-state index is -0.303. The number of allylic oxidation sites excluding steroid dienone is 1. The molecule has 0 aromatic carbocycles. The second kappa shape index (κ2) is 3.67. The van der Waals surface area contributed by atoms with Gasteiger partial charge in [-0.2, -0.15) is 0 Å². The summed E-state index contributed by atoms with van der Waals surface area (Å²) in [6, 6.07) is 0. The van der Waals surface area contributed by atoms with Crippen LogP contribution >= 0.6 is 15.9 Å². The number of amides is 1. The fourth-order valence-electron chi connectivity index (χ4n) is 0.330. The molecule has 52 valence electrons. The van der Waals surface area contributed by atoms with Crippen molar-refractivity contribution in [3.63, 3.8) is 0 Å². The standard InChI is InChI=1S/C6H10BrNO/c1-4(2)5(7)3-6(8)9/h3H2,1-2H3,(H2,8,9). The van der Waals surface area contributed by atoms with Crippen LogP contribution in [0.25, 0.3) is 0 Å². The highest BCUT2D eigenvalue weighted by Crippen LogP contribution is 2.14. The highest BCUT2D eigenvalue weighted by atomic mass is 79.9. The monoisotopic (exact) mass is 191 g/mol. The molecule has 2 N–H and O–H groups in total. The van der Waals surface area contributed by atoms with Crippen LogP contribution in [0.4, 0.5) is 0 Å². The molecule has 0 saturated heterocycles. The Morgan fingerprint density at radius 3 is 2.11 bits per heavy atom. The topological polar surface area (TPSA) is 43.1 Å². The maximum Gasteiger partial charge on any atom is 0.222 e. The first-order valence-electron chi connectivity index (χ1n) is 2.64. The largest absolute Gasteiger partial charge is 0.369 e. The van der Waals surface area contributed by atoms with E-state index in [0.29, 0.717) is 6.42 Å². The van der Waals surface area contributed by atoms with E-state index >= 15 is 0 Å². The molecule has 0 heterocycles. The predicted octanol–water partition coefficient (Wildman–Crippen LogP) is 1.55. The summed E-state index contributed by atoms with van der Waals surface area (Å²) in [5, 5.41) is 0. The lowest BCUT2D eigenvalue weighted by atomic mass is 10.2. The summed E-state index contributed by atoms with van der Waals surface area (Å²) in [4.78, 5) is 10.3. The molecule has 0 aromatic rings. The Balaban J connectivity index is 3.92. The van der Waals surface area contributed by atoms with Gasteiger partial charge in [-0.25, -0.2) is 0 Å². The third-order valence-corrected chi connectivity index (χ3v) is 1.95. The number of hydrogen-bond acceptors (Lipinski definition) is 1. The van der Waals surface area contributed by atoms with Crippen molar-refractivity contribution in [1.29, 1.82) is 0 Å². The molecule has 2 nitrogen and oxygen atoms in total. The number of carbonyl (C=O) groups is 1. The normalized spacial score (nSPS) is 8.78. The molecule has 0 atom stereocenters. The number of carbonyl (C=O) groups excluding carboxylic acids is 1. The van der Waals surface area contributed by atoms with E-state index in [9.17, 15) is 4.79 Å². The van der Waals surface area contributed by atoms with Gasteiger partial charge in [0.1, 0.15) is 0 Å². The molecule has 0 fully saturated rings. The molecule has 0 aliphatic carbocycles. The van der Waals surface area contributed by atoms with Gasteiger partial charge in [-0.15, -0.1) is 0 Å². The van der Waals surface area contributed by atoms with Crippen molar-refractivity contribution in [3.05, 3.63) is 10.1 Å². The summed E-state index contributed by atoms with van der Waals surface area (Å²) in [5.41, 5.74) is 6.02. The van der Waals surface area contributed by atoms with Crippen molar-refractivity contribution in [2.45, 2.75) is 20.3 Å². The Hall–Kier alpha value is -0.310. The van der Waals surface area contributed by atoms with E-state index in [1.54, 1.807) is 0 Å². The second-order valence-corrected chi connectivity index (χ2v) is 3.01. The molecule has 0 spiro atoms. The third kappa shape index (κ3) is 4.21. The van der Waals surface area contributed by atoms with Gasteiger partial charge >= 0.3 is 0 Å². The zero-order valence-electron chi connectivity index (χ0n) is 5.57. The molecule has 9 heavy (non-hydrogen) atoms. The molecule has 0 bridgehead atoms. The van der Waals surface area contributed by atoms with Crippen molar-refractivity contribution >= 4 is 21.8 Å². The van der Waals surface area contributed by atoms with Crippen LogP contribution in [0.15, 0.2) is 10.1 Å². The van der Waals surface area contributed by atoms with Crippen LogP contribution in [0.5, 0.6) is 0 Å². The van der Waals surface area contributed by atoms with E-state index in [4.69, 9.17) is 5.73 Å². The SMILES string of the molecule is CC(C)=C(Br)CC(N)=O. The average molecular weight is 192 g/mol. The van der Waals surface area contributed by atoms with Gasteiger partial charge in [0.05, 0.1) is 6.42 Å². The Kier molecular flexibility index (Phi) is 3.54. The number of hydrogen-bond donors (Lipinski definition) is 1. The molecule has 0 saturated carbocycles. The van der Waals surface area contributed by atoms with Crippen molar-refractivity contribution in [3.8, 4) is 0 Å². The van der Waals surface area contributed by atoms with Crippen molar-refractivity contribution in [1.82, 2.24) is 0 Å². The van der Waals surface area contributed by atoms with Crippen LogP contribution in [0, 0.1) is 0 Å². The van der Waals surface area contributed by atoms with Crippen LogP contribution in [-0.2, 0) is 4.79 Å². The smallest absolute Gasteiger partial charge is 0.222 e. The summed E-state index contributed by atoms with van der Waals surface area (Å²) in [6.45, 7) is 3.85. The van der Waals surface area contributed by atoms with Crippen LogP contribution in [0.1, 0.15) is 20.3 Å². The summed E-state index contributed by atoms with van der Waals surface area (Å²) in [7, 11) is 0. The van der Waals surface area contributed by atoms with E-state index in [-0.39, 0.29) is 5.91 Å². The van der Waals surface area contributed by atoms with E-state index in [1.807, 2.05) is 13.8 Å². The summed E-state index contributed by atoms with van der Waals surface area (Å²) in [5.74, 6) is -0.303. The number of halogens is 1. The fourth-order valence-corrected chi connectivity index (χ4v) is 0.606. The van der Waals surface area contributed by atoms with Gasteiger partial charge in [-0.05, 0) is 13.8 Å². The molecule has 0 unspecified atom stereocenters. The lowest BCUT2D eigenvalue weighted by molar-refractivity contribution is -0.117. The first-order chi connectivity index (χ1) is 4.04. The van der Waals surface area contributed by atoms with Crippen LogP contribution in [0.3, 0.4) is 0 Å². The molecule has 0 rings (SSSR count). The minimum absolute atomic E-state index is 0.303. The summed E-state index contributed by atoms with van der Waals surface area (Å²) in [6.07, 6.45) is 0.308. The molecule has 3 heteroatoms. The maximum atomic E-state index is 10.3. The van der Waals surface area contributed by atoms with Crippen LogP contribution in [0.2, 0.25) is 0 Å². The van der Waals surface area contributed by atoms with Gasteiger partial charge in [-0.1, -0.05) is 21.5 Å². The minimum Gasteiger partial charge on any atom is -0.369 e. The van der Waals surface area contributed by atoms with Gasteiger partial charge in [0.15, 0.2) is 0 Å².